The number of carbonyl (C=O) groups excluding carboxylic acids is 2. The first-order valence-electron chi connectivity index (χ1n) is 7.23. The van der Waals surface area contributed by atoms with E-state index in [0.29, 0.717) is 19.5 Å². The van der Waals surface area contributed by atoms with Crippen molar-refractivity contribution in [1.29, 1.82) is 0 Å². The van der Waals surface area contributed by atoms with Gasteiger partial charge in [-0.3, -0.25) is 9.69 Å². The Morgan fingerprint density at radius 2 is 2.00 bits per heavy atom. The van der Waals surface area contributed by atoms with Crippen molar-refractivity contribution < 1.29 is 23.1 Å². The number of ether oxygens (including phenoxy) is 1. The predicted molar refractivity (Wildman–Crippen MR) is 72.1 cm³/mol. The van der Waals surface area contributed by atoms with Gasteiger partial charge in [0.25, 0.3) is 0 Å². The maximum absolute atomic E-state index is 13.2. The summed E-state index contributed by atoms with van der Waals surface area (Å²) in [4.78, 5) is 26.8. The number of halogens is 2. The van der Waals surface area contributed by atoms with Crippen LogP contribution in [-0.2, 0) is 9.53 Å². The van der Waals surface area contributed by atoms with Crippen LogP contribution >= 0.6 is 0 Å². The van der Waals surface area contributed by atoms with Gasteiger partial charge in [-0.1, -0.05) is 0 Å². The third-order valence-corrected chi connectivity index (χ3v) is 3.73. The molecule has 0 radical (unpaired) electrons. The molecule has 5 nitrogen and oxygen atoms in total. The lowest BCUT2D eigenvalue weighted by atomic mass is 10.1. The lowest BCUT2D eigenvalue weighted by molar-refractivity contribution is -0.138. The number of amides is 2. The molecule has 2 fully saturated rings. The summed E-state index contributed by atoms with van der Waals surface area (Å²) in [6.45, 7) is 5.77. The summed E-state index contributed by atoms with van der Waals surface area (Å²) in [5.41, 5.74) is -0.620. The molecule has 2 aliphatic rings. The second-order valence-corrected chi connectivity index (χ2v) is 6.74. The zero-order valence-corrected chi connectivity index (χ0v) is 12.7. The van der Waals surface area contributed by atoms with Gasteiger partial charge in [0.2, 0.25) is 11.8 Å². The standard InChI is InChI=1S/C14H22F2N2O3/c1-13(2,3)21-12(20)17-6-7-18(11(19)9-17)10-4-5-14(15,16)8-10/h10H,4-9H2,1-3H3. The molecule has 120 valence electrons. The fourth-order valence-electron chi connectivity index (χ4n) is 2.75. The first kappa shape index (κ1) is 16.0. The minimum atomic E-state index is -2.67. The van der Waals surface area contributed by atoms with E-state index in [1.54, 1.807) is 20.8 Å². The van der Waals surface area contributed by atoms with Gasteiger partial charge in [0.15, 0.2) is 0 Å². The van der Waals surface area contributed by atoms with Crippen LogP contribution in [0.15, 0.2) is 0 Å². The van der Waals surface area contributed by atoms with Crippen molar-refractivity contribution >= 4 is 12.0 Å². The molecule has 2 rings (SSSR count). The van der Waals surface area contributed by atoms with E-state index in [1.807, 2.05) is 0 Å². The average Bonchev–Trinajstić information content (AvgIpc) is 2.67. The highest BCUT2D eigenvalue weighted by atomic mass is 19.3. The molecule has 1 saturated heterocycles. The van der Waals surface area contributed by atoms with Crippen LogP contribution in [0.2, 0.25) is 0 Å². The summed E-state index contributed by atoms with van der Waals surface area (Å²) in [7, 11) is 0. The molecule has 0 aromatic carbocycles. The fraction of sp³-hybridized carbons (Fsp3) is 0.857. The van der Waals surface area contributed by atoms with E-state index < -0.39 is 23.7 Å². The van der Waals surface area contributed by atoms with Crippen LogP contribution in [0.1, 0.15) is 40.0 Å². The number of nitrogens with zero attached hydrogens (tertiary/aromatic N) is 2. The molecule has 21 heavy (non-hydrogen) atoms. The minimum absolute atomic E-state index is 0.100. The van der Waals surface area contributed by atoms with Crippen LogP contribution in [0.5, 0.6) is 0 Å². The van der Waals surface area contributed by atoms with Gasteiger partial charge in [-0.25, -0.2) is 13.6 Å². The molecule has 0 N–H and O–H groups in total. The second-order valence-electron chi connectivity index (χ2n) is 6.74. The third-order valence-electron chi connectivity index (χ3n) is 3.73. The Bertz CT molecular complexity index is 434. The van der Waals surface area contributed by atoms with Crippen LogP contribution in [0.4, 0.5) is 13.6 Å². The zero-order valence-electron chi connectivity index (χ0n) is 12.7. The van der Waals surface area contributed by atoms with E-state index in [4.69, 9.17) is 4.74 Å². The molecule has 7 heteroatoms. The molecule has 0 aromatic heterocycles. The highest BCUT2D eigenvalue weighted by Crippen LogP contribution is 2.37. The molecule has 0 spiro atoms. The summed E-state index contributed by atoms with van der Waals surface area (Å²) >= 11 is 0. The van der Waals surface area contributed by atoms with Crippen LogP contribution in [0.25, 0.3) is 0 Å². The Kier molecular flexibility index (Phi) is 4.13. The van der Waals surface area contributed by atoms with Crippen molar-refractivity contribution in [2.24, 2.45) is 0 Å². The van der Waals surface area contributed by atoms with E-state index >= 15 is 0 Å². The van der Waals surface area contributed by atoms with Gasteiger partial charge < -0.3 is 9.64 Å². The van der Waals surface area contributed by atoms with E-state index in [1.165, 1.54) is 9.80 Å². The molecule has 1 aliphatic carbocycles. The SMILES string of the molecule is CC(C)(C)OC(=O)N1CCN(C2CCC(F)(F)C2)C(=O)C1. The molecule has 1 atom stereocenters. The Balaban J connectivity index is 1.91. The van der Waals surface area contributed by atoms with Crippen molar-refractivity contribution in [2.75, 3.05) is 19.6 Å². The second kappa shape index (κ2) is 5.42. The topological polar surface area (TPSA) is 49.9 Å². The normalized spacial score (nSPS) is 26.1. The highest BCUT2D eigenvalue weighted by Gasteiger charge is 2.44. The van der Waals surface area contributed by atoms with Gasteiger partial charge in [-0.15, -0.1) is 0 Å². The number of piperazine rings is 1. The Morgan fingerprint density at radius 3 is 2.48 bits per heavy atom. The van der Waals surface area contributed by atoms with Crippen molar-refractivity contribution in [3.05, 3.63) is 0 Å². The lowest BCUT2D eigenvalue weighted by Gasteiger charge is -2.38. The van der Waals surface area contributed by atoms with Crippen molar-refractivity contribution in [3.8, 4) is 0 Å². The Morgan fingerprint density at radius 1 is 1.33 bits per heavy atom. The van der Waals surface area contributed by atoms with Gasteiger partial charge in [0.05, 0.1) is 0 Å². The minimum Gasteiger partial charge on any atom is -0.444 e. The first-order valence-corrected chi connectivity index (χ1v) is 7.23. The van der Waals surface area contributed by atoms with Crippen LogP contribution in [0, 0.1) is 0 Å². The maximum atomic E-state index is 13.2. The summed E-state index contributed by atoms with van der Waals surface area (Å²) in [6.07, 6.45) is -0.652. The molecule has 1 heterocycles. The van der Waals surface area contributed by atoms with Crippen molar-refractivity contribution in [3.63, 3.8) is 0 Å². The monoisotopic (exact) mass is 304 g/mol. The first-order chi connectivity index (χ1) is 9.57. The molecule has 1 saturated carbocycles. The van der Waals surface area contributed by atoms with Gasteiger partial charge in [0, 0.05) is 32.0 Å². The smallest absolute Gasteiger partial charge is 0.410 e. The van der Waals surface area contributed by atoms with Gasteiger partial charge in [-0.2, -0.15) is 0 Å². The predicted octanol–water partition coefficient (Wildman–Crippen LogP) is 2.25. The van der Waals surface area contributed by atoms with Crippen molar-refractivity contribution in [2.45, 2.75) is 57.6 Å². The quantitative estimate of drug-likeness (QED) is 0.746. The van der Waals surface area contributed by atoms with E-state index in [-0.39, 0.29) is 25.3 Å². The van der Waals surface area contributed by atoms with Crippen molar-refractivity contribution in [1.82, 2.24) is 9.80 Å². The molecule has 0 aromatic rings. The number of alkyl halides is 2. The number of rotatable bonds is 1. The van der Waals surface area contributed by atoms with E-state index in [9.17, 15) is 18.4 Å². The number of carbonyl (C=O) groups is 2. The van der Waals surface area contributed by atoms with Crippen LogP contribution in [-0.4, -0.2) is 59.0 Å². The molecular weight excluding hydrogens is 282 g/mol. The summed E-state index contributed by atoms with van der Waals surface area (Å²) in [5.74, 6) is -2.96. The number of hydrogen-bond acceptors (Lipinski definition) is 3. The molecular formula is C14H22F2N2O3. The molecule has 1 aliphatic heterocycles. The van der Waals surface area contributed by atoms with E-state index in [0.717, 1.165) is 0 Å². The number of hydrogen-bond donors (Lipinski definition) is 0. The van der Waals surface area contributed by atoms with Crippen LogP contribution < -0.4 is 0 Å². The molecule has 0 bridgehead atoms. The third kappa shape index (κ3) is 4.04. The molecule has 2 amide bonds. The van der Waals surface area contributed by atoms with Gasteiger partial charge in [0.1, 0.15) is 12.1 Å². The van der Waals surface area contributed by atoms with Gasteiger partial charge >= 0.3 is 6.09 Å². The molecule has 1 unspecified atom stereocenters. The zero-order chi connectivity index (χ0) is 15.8. The summed E-state index contributed by atoms with van der Waals surface area (Å²) in [6, 6.07) is -0.409. The summed E-state index contributed by atoms with van der Waals surface area (Å²) < 4.78 is 31.7. The average molecular weight is 304 g/mol. The lowest BCUT2D eigenvalue weighted by Crippen LogP contribution is -2.55. The van der Waals surface area contributed by atoms with E-state index in [2.05, 4.69) is 0 Å². The van der Waals surface area contributed by atoms with Crippen LogP contribution in [0.3, 0.4) is 0 Å². The fourth-order valence-corrected chi connectivity index (χ4v) is 2.75. The highest BCUT2D eigenvalue weighted by molar-refractivity contribution is 5.84. The summed E-state index contributed by atoms with van der Waals surface area (Å²) in [5, 5.41) is 0. The maximum Gasteiger partial charge on any atom is 0.410 e. The van der Waals surface area contributed by atoms with Gasteiger partial charge in [-0.05, 0) is 27.2 Å². The Hall–Kier alpha value is -1.40. The Labute approximate surface area is 123 Å². The largest absolute Gasteiger partial charge is 0.444 e.